The maximum atomic E-state index is 12.9. The van der Waals surface area contributed by atoms with E-state index >= 15 is 0 Å². The first kappa shape index (κ1) is 21.2. The molecule has 0 saturated heterocycles. The number of amides is 2. The summed E-state index contributed by atoms with van der Waals surface area (Å²) < 4.78 is 5.66. The van der Waals surface area contributed by atoms with Crippen LogP contribution in [0.5, 0.6) is 5.75 Å². The Morgan fingerprint density at radius 3 is 2.40 bits per heavy atom. The number of pyridine rings is 1. The third-order valence-corrected chi connectivity index (χ3v) is 4.96. The molecule has 3 rings (SSSR count). The second-order valence-corrected chi connectivity index (χ2v) is 7.46. The molecule has 2 aromatic rings. The van der Waals surface area contributed by atoms with Gasteiger partial charge in [-0.15, -0.1) is 0 Å². The van der Waals surface area contributed by atoms with E-state index in [0.29, 0.717) is 0 Å². The highest BCUT2D eigenvalue weighted by Crippen LogP contribution is 2.37. The topological polar surface area (TPSA) is 115 Å². The van der Waals surface area contributed by atoms with Crippen molar-refractivity contribution in [1.29, 1.82) is 0 Å². The Bertz CT molecular complexity index is 996. The van der Waals surface area contributed by atoms with E-state index in [-0.39, 0.29) is 18.1 Å². The lowest BCUT2D eigenvalue weighted by Crippen LogP contribution is -2.54. The Hall–Kier alpha value is -3.49. The van der Waals surface area contributed by atoms with E-state index in [9.17, 15) is 19.7 Å². The highest BCUT2D eigenvalue weighted by Gasteiger charge is 2.45. The average molecular weight is 412 g/mol. The van der Waals surface area contributed by atoms with Crippen molar-refractivity contribution in [3.63, 3.8) is 0 Å². The first-order chi connectivity index (χ1) is 14.2. The standard InChI is InChI=1S/C21H24N4O5/c1-5-13-8-7-9-14(6-2)18(13)23-17(26)12-24-19-15(30-21(3,4)20(24)27)10-11-16(22-19)25(28)29/h7-11H,5-6,12H2,1-4H3,(H,23,26). The number of carbonyl (C=O) groups excluding carboxylic acids is 2. The summed E-state index contributed by atoms with van der Waals surface area (Å²) in [5, 5.41) is 14.0. The molecule has 1 N–H and O–H groups in total. The van der Waals surface area contributed by atoms with Crippen molar-refractivity contribution in [1.82, 2.24) is 4.98 Å². The van der Waals surface area contributed by atoms with E-state index in [1.807, 2.05) is 32.0 Å². The van der Waals surface area contributed by atoms with Crippen LogP contribution in [0.1, 0.15) is 38.8 Å². The van der Waals surface area contributed by atoms with Crippen LogP contribution in [0.25, 0.3) is 0 Å². The van der Waals surface area contributed by atoms with Crippen molar-refractivity contribution in [2.24, 2.45) is 0 Å². The minimum atomic E-state index is -1.24. The molecular formula is C21H24N4O5. The number of rotatable bonds is 6. The van der Waals surface area contributed by atoms with Crippen LogP contribution in [0, 0.1) is 10.1 Å². The molecule has 0 spiro atoms. The number of aromatic nitrogens is 1. The first-order valence-corrected chi connectivity index (χ1v) is 9.75. The molecule has 0 radical (unpaired) electrons. The summed E-state index contributed by atoms with van der Waals surface area (Å²) in [6.07, 6.45) is 1.48. The molecule has 1 aromatic heterocycles. The minimum absolute atomic E-state index is 0.0387. The molecule has 2 heterocycles. The number of aryl methyl sites for hydroxylation is 2. The van der Waals surface area contributed by atoms with Crippen molar-refractivity contribution in [3.8, 4) is 5.75 Å². The Balaban J connectivity index is 1.94. The van der Waals surface area contributed by atoms with Gasteiger partial charge in [0.1, 0.15) is 6.54 Å². The van der Waals surface area contributed by atoms with E-state index in [4.69, 9.17) is 4.74 Å². The molecule has 30 heavy (non-hydrogen) atoms. The number of anilines is 2. The van der Waals surface area contributed by atoms with Gasteiger partial charge in [0.05, 0.1) is 0 Å². The summed E-state index contributed by atoms with van der Waals surface area (Å²) >= 11 is 0. The molecule has 0 aliphatic carbocycles. The summed E-state index contributed by atoms with van der Waals surface area (Å²) in [5.74, 6) is -1.18. The Labute approximate surface area is 174 Å². The van der Waals surface area contributed by atoms with Gasteiger partial charge in [-0.3, -0.25) is 14.5 Å². The predicted molar refractivity (Wildman–Crippen MR) is 112 cm³/mol. The van der Waals surface area contributed by atoms with Crippen molar-refractivity contribution in [3.05, 3.63) is 51.6 Å². The average Bonchev–Trinajstić information content (AvgIpc) is 2.70. The normalized spacial score (nSPS) is 14.7. The number of para-hydroxylation sites is 1. The van der Waals surface area contributed by atoms with Gasteiger partial charge in [0, 0.05) is 11.8 Å². The molecule has 1 aliphatic rings. The maximum Gasteiger partial charge on any atom is 0.366 e. The zero-order chi connectivity index (χ0) is 22.1. The van der Waals surface area contributed by atoms with Crippen LogP contribution >= 0.6 is 0 Å². The van der Waals surface area contributed by atoms with Gasteiger partial charge in [0.25, 0.3) is 11.7 Å². The van der Waals surface area contributed by atoms with Gasteiger partial charge in [0.15, 0.2) is 11.4 Å². The third kappa shape index (κ3) is 3.96. The number of hydrogen-bond acceptors (Lipinski definition) is 6. The van der Waals surface area contributed by atoms with Gasteiger partial charge < -0.3 is 20.2 Å². The number of fused-ring (bicyclic) bond motifs is 1. The summed E-state index contributed by atoms with van der Waals surface area (Å²) in [4.78, 5) is 41.4. The van der Waals surface area contributed by atoms with Crippen molar-refractivity contribution in [2.45, 2.75) is 46.1 Å². The van der Waals surface area contributed by atoms with E-state index < -0.39 is 28.2 Å². The van der Waals surface area contributed by atoms with Gasteiger partial charge in [-0.25, -0.2) is 0 Å². The Morgan fingerprint density at radius 1 is 1.20 bits per heavy atom. The first-order valence-electron chi connectivity index (χ1n) is 9.75. The molecule has 9 nitrogen and oxygen atoms in total. The molecular weight excluding hydrogens is 388 g/mol. The van der Waals surface area contributed by atoms with Crippen molar-refractivity contribution < 1.29 is 19.2 Å². The Kier molecular flexibility index (Phi) is 5.73. The molecule has 1 aromatic carbocycles. The molecule has 0 fully saturated rings. The molecule has 0 atom stereocenters. The molecule has 158 valence electrons. The highest BCUT2D eigenvalue weighted by molar-refractivity contribution is 6.07. The molecule has 0 saturated carbocycles. The van der Waals surface area contributed by atoms with Gasteiger partial charge in [-0.2, -0.15) is 0 Å². The summed E-state index contributed by atoms with van der Waals surface area (Å²) in [5.41, 5.74) is 1.48. The summed E-state index contributed by atoms with van der Waals surface area (Å²) in [6, 6.07) is 8.42. The lowest BCUT2D eigenvalue weighted by atomic mass is 10.0. The number of nitrogens with one attached hydrogen (secondary N) is 1. The fraction of sp³-hybridized carbons (Fsp3) is 0.381. The molecule has 1 aliphatic heterocycles. The molecule has 0 unspecified atom stereocenters. The van der Waals surface area contributed by atoms with Crippen LogP contribution in [-0.2, 0) is 22.4 Å². The lowest BCUT2D eigenvalue weighted by Gasteiger charge is -2.35. The van der Waals surface area contributed by atoms with Gasteiger partial charge >= 0.3 is 5.82 Å². The predicted octanol–water partition coefficient (Wildman–Crippen LogP) is 3.26. The van der Waals surface area contributed by atoms with Crippen LogP contribution in [0.2, 0.25) is 0 Å². The zero-order valence-corrected chi connectivity index (χ0v) is 17.4. The second-order valence-electron chi connectivity index (χ2n) is 7.46. The SMILES string of the molecule is CCc1cccc(CC)c1NC(=O)CN1C(=O)C(C)(C)Oc2ccc([N+](=O)[O-])nc21. The quantitative estimate of drug-likeness (QED) is 0.575. The number of hydrogen-bond donors (Lipinski definition) is 1. The maximum absolute atomic E-state index is 12.9. The van der Waals surface area contributed by atoms with E-state index in [1.165, 1.54) is 12.1 Å². The van der Waals surface area contributed by atoms with Crippen LogP contribution in [0.4, 0.5) is 17.3 Å². The monoisotopic (exact) mass is 412 g/mol. The number of ether oxygens (including phenoxy) is 1. The van der Waals surface area contributed by atoms with Crippen molar-refractivity contribution >= 4 is 29.1 Å². The molecule has 0 bridgehead atoms. The Morgan fingerprint density at radius 2 is 1.83 bits per heavy atom. The fourth-order valence-electron chi connectivity index (χ4n) is 3.41. The zero-order valence-electron chi connectivity index (χ0n) is 17.4. The second kappa shape index (κ2) is 8.10. The third-order valence-electron chi connectivity index (χ3n) is 4.96. The van der Waals surface area contributed by atoms with Crippen molar-refractivity contribution in [2.75, 3.05) is 16.8 Å². The lowest BCUT2D eigenvalue weighted by molar-refractivity contribution is -0.389. The molecule has 9 heteroatoms. The van der Waals surface area contributed by atoms with Crippen LogP contribution in [0.15, 0.2) is 30.3 Å². The van der Waals surface area contributed by atoms with E-state index in [1.54, 1.807) is 13.8 Å². The number of carbonyl (C=O) groups is 2. The smallest absolute Gasteiger partial charge is 0.366 e. The van der Waals surface area contributed by atoms with Gasteiger partial charge in [-0.05, 0) is 53.8 Å². The summed E-state index contributed by atoms with van der Waals surface area (Å²) in [7, 11) is 0. The van der Waals surface area contributed by atoms with E-state index in [0.717, 1.165) is 34.6 Å². The number of nitro groups is 1. The molecule has 2 amide bonds. The fourth-order valence-corrected chi connectivity index (χ4v) is 3.41. The van der Waals surface area contributed by atoms with Crippen LogP contribution in [-0.4, -0.2) is 33.9 Å². The van der Waals surface area contributed by atoms with E-state index in [2.05, 4.69) is 10.3 Å². The number of nitrogens with zero attached hydrogens (tertiary/aromatic N) is 3. The number of benzene rings is 1. The van der Waals surface area contributed by atoms with Gasteiger partial charge in [0.2, 0.25) is 5.91 Å². The highest BCUT2D eigenvalue weighted by atomic mass is 16.6. The van der Waals surface area contributed by atoms with Gasteiger partial charge in [-0.1, -0.05) is 32.0 Å². The van der Waals surface area contributed by atoms with Crippen LogP contribution in [0.3, 0.4) is 0 Å². The summed E-state index contributed by atoms with van der Waals surface area (Å²) in [6.45, 7) is 6.81. The van der Waals surface area contributed by atoms with Crippen LogP contribution < -0.4 is 15.0 Å². The minimum Gasteiger partial charge on any atom is -0.472 e. The largest absolute Gasteiger partial charge is 0.472 e.